The maximum absolute atomic E-state index is 12.7. The minimum absolute atomic E-state index is 0.133. The van der Waals surface area contributed by atoms with Gasteiger partial charge in [0.15, 0.2) is 0 Å². The number of hydrogen-bond donors (Lipinski definition) is 0. The first kappa shape index (κ1) is 13.4. The average Bonchev–Trinajstić information content (AvgIpc) is 3.01. The number of aromatic nitrogens is 1. The minimum Gasteiger partial charge on any atom is -0.356 e. The number of carbonyl (C=O) groups is 1. The van der Waals surface area contributed by atoms with Crippen LogP contribution in [0, 0.1) is 0 Å². The summed E-state index contributed by atoms with van der Waals surface area (Å²) in [5.41, 5.74) is 0.763. The third kappa shape index (κ3) is 2.63. The van der Waals surface area contributed by atoms with Gasteiger partial charge in [-0.1, -0.05) is 0 Å². The Kier molecular flexibility index (Phi) is 3.87. The Morgan fingerprint density at radius 2 is 1.80 bits per heavy atom. The molecule has 0 bridgehead atoms. The van der Waals surface area contributed by atoms with E-state index in [1.165, 1.54) is 12.8 Å². The maximum atomic E-state index is 12.7. The van der Waals surface area contributed by atoms with E-state index in [0.717, 1.165) is 50.6 Å². The predicted octanol–water partition coefficient (Wildman–Crippen LogP) is 1.07. The van der Waals surface area contributed by atoms with Crippen LogP contribution in [-0.4, -0.2) is 67.0 Å². The number of carbonyl (C=O) groups excluding carboxylic acids is 1. The van der Waals surface area contributed by atoms with Crippen LogP contribution in [0.15, 0.2) is 18.3 Å². The largest absolute Gasteiger partial charge is 0.356 e. The molecule has 0 spiro atoms. The van der Waals surface area contributed by atoms with Gasteiger partial charge in [-0.2, -0.15) is 0 Å². The molecule has 3 heterocycles. The topological polar surface area (TPSA) is 39.7 Å². The Labute approximate surface area is 120 Å². The fourth-order valence-corrected chi connectivity index (χ4v) is 2.92. The normalized spacial score (nSPS) is 20.4. The second-order valence-electron chi connectivity index (χ2n) is 5.66. The fourth-order valence-electron chi connectivity index (χ4n) is 2.92. The second-order valence-corrected chi connectivity index (χ2v) is 5.66. The standard InChI is InChI=1S/C15H22N4O/c1-17-9-11-19(12-10-17)15(20)13-5-4-6-16-14(13)18-7-2-3-8-18/h4-6H,2-3,7-12H2,1H3. The first-order chi connectivity index (χ1) is 9.75. The quantitative estimate of drug-likeness (QED) is 0.809. The molecule has 108 valence electrons. The van der Waals surface area contributed by atoms with Crippen molar-refractivity contribution in [1.82, 2.24) is 14.8 Å². The van der Waals surface area contributed by atoms with Crippen LogP contribution in [0.5, 0.6) is 0 Å². The third-order valence-corrected chi connectivity index (χ3v) is 4.21. The summed E-state index contributed by atoms with van der Waals surface area (Å²) < 4.78 is 0. The molecule has 2 fully saturated rings. The highest BCUT2D eigenvalue weighted by atomic mass is 16.2. The van der Waals surface area contributed by atoms with E-state index in [1.54, 1.807) is 6.20 Å². The molecule has 0 saturated carbocycles. The van der Waals surface area contributed by atoms with Crippen molar-refractivity contribution in [3.05, 3.63) is 23.9 Å². The molecule has 2 aliphatic heterocycles. The second kappa shape index (κ2) is 5.79. The Hall–Kier alpha value is -1.62. The van der Waals surface area contributed by atoms with Crippen molar-refractivity contribution in [2.24, 2.45) is 0 Å². The molecule has 0 atom stereocenters. The molecule has 0 N–H and O–H groups in total. The molecule has 1 amide bonds. The van der Waals surface area contributed by atoms with Gasteiger partial charge in [0.1, 0.15) is 5.82 Å². The molecule has 0 radical (unpaired) electrons. The van der Waals surface area contributed by atoms with Gasteiger partial charge in [0.05, 0.1) is 5.56 Å². The number of nitrogens with zero attached hydrogens (tertiary/aromatic N) is 4. The van der Waals surface area contributed by atoms with Crippen LogP contribution in [0.3, 0.4) is 0 Å². The maximum Gasteiger partial charge on any atom is 0.257 e. The van der Waals surface area contributed by atoms with E-state index >= 15 is 0 Å². The summed E-state index contributed by atoms with van der Waals surface area (Å²) in [7, 11) is 2.10. The molecule has 3 rings (SSSR count). The van der Waals surface area contributed by atoms with Gasteiger partial charge in [0, 0.05) is 45.5 Å². The summed E-state index contributed by atoms with van der Waals surface area (Å²) in [6, 6.07) is 3.78. The molecule has 0 aliphatic carbocycles. The van der Waals surface area contributed by atoms with Crippen molar-refractivity contribution >= 4 is 11.7 Å². The van der Waals surface area contributed by atoms with E-state index in [4.69, 9.17) is 0 Å². The Balaban J connectivity index is 1.80. The van der Waals surface area contributed by atoms with Gasteiger partial charge >= 0.3 is 0 Å². The van der Waals surface area contributed by atoms with E-state index in [-0.39, 0.29) is 5.91 Å². The van der Waals surface area contributed by atoms with Crippen molar-refractivity contribution in [1.29, 1.82) is 0 Å². The van der Waals surface area contributed by atoms with Gasteiger partial charge in [-0.25, -0.2) is 4.98 Å². The van der Waals surface area contributed by atoms with Gasteiger partial charge in [0.2, 0.25) is 0 Å². The van der Waals surface area contributed by atoms with Crippen LogP contribution in [0.4, 0.5) is 5.82 Å². The molecule has 20 heavy (non-hydrogen) atoms. The predicted molar refractivity (Wildman–Crippen MR) is 79.1 cm³/mol. The molecule has 5 heteroatoms. The Bertz CT molecular complexity index is 477. The Morgan fingerprint density at radius 1 is 1.10 bits per heavy atom. The van der Waals surface area contributed by atoms with Crippen molar-refractivity contribution in [3.63, 3.8) is 0 Å². The molecule has 2 saturated heterocycles. The average molecular weight is 274 g/mol. The van der Waals surface area contributed by atoms with Gasteiger partial charge in [-0.05, 0) is 32.0 Å². The number of piperazine rings is 1. The van der Waals surface area contributed by atoms with Crippen molar-refractivity contribution in [3.8, 4) is 0 Å². The van der Waals surface area contributed by atoms with Crippen LogP contribution < -0.4 is 4.90 Å². The highest BCUT2D eigenvalue weighted by Crippen LogP contribution is 2.23. The van der Waals surface area contributed by atoms with Gasteiger partial charge in [0.25, 0.3) is 5.91 Å². The molecule has 0 aromatic carbocycles. The zero-order valence-electron chi connectivity index (χ0n) is 12.1. The van der Waals surface area contributed by atoms with Crippen molar-refractivity contribution in [2.75, 3.05) is 51.2 Å². The van der Waals surface area contributed by atoms with Crippen LogP contribution >= 0.6 is 0 Å². The number of anilines is 1. The summed E-state index contributed by atoms with van der Waals surface area (Å²) in [5, 5.41) is 0. The summed E-state index contributed by atoms with van der Waals surface area (Å²) in [6.45, 7) is 5.55. The first-order valence-electron chi connectivity index (χ1n) is 7.43. The lowest BCUT2D eigenvalue weighted by atomic mass is 10.2. The van der Waals surface area contributed by atoms with Gasteiger partial charge < -0.3 is 14.7 Å². The fraction of sp³-hybridized carbons (Fsp3) is 0.600. The molecule has 5 nitrogen and oxygen atoms in total. The molecular formula is C15H22N4O. The molecule has 2 aliphatic rings. The number of amides is 1. The van der Waals surface area contributed by atoms with Gasteiger partial charge in [-0.15, -0.1) is 0 Å². The van der Waals surface area contributed by atoms with E-state index in [1.807, 2.05) is 17.0 Å². The SMILES string of the molecule is CN1CCN(C(=O)c2cccnc2N2CCCC2)CC1. The number of rotatable bonds is 2. The molecule has 1 aromatic rings. The van der Waals surface area contributed by atoms with E-state index in [9.17, 15) is 4.79 Å². The molecule has 1 aromatic heterocycles. The van der Waals surface area contributed by atoms with Crippen molar-refractivity contribution in [2.45, 2.75) is 12.8 Å². The van der Waals surface area contributed by atoms with Crippen LogP contribution in [-0.2, 0) is 0 Å². The first-order valence-corrected chi connectivity index (χ1v) is 7.43. The zero-order valence-corrected chi connectivity index (χ0v) is 12.1. The van der Waals surface area contributed by atoms with E-state index in [0.29, 0.717) is 0 Å². The number of likely N-dealkylation sites (N-methyl/N-ethyl adjacent to an activating group) is 1. The monoisotopic (exact) mass is 274 g/mol. The van der Waals surface area contributed by atoms with Gasteiger partial charge in [-0.3, -0.25) is 4.79 Å². The smallest absolute Gasteiger partial charge is 0.257 e. The van der Waals surface area contributed by atoms with E-state index in [2.05, 4.69) is 21.8 Å². The lowest BCUT2D eigenvalue weighted by Gasteiger charge is -2.33. The van der Waals surface area contributed by atoms with Crippen molar-refractivity contribution < 1.29 is 4.79 Å². The highest BCUT2D eigenvalue weighted by molar-refractivity contribution is 5.99. The lowest BCUT2D eigenvalue weighted by Crippen LogP contribution is -2.47. The summed E-state index contributed by atoms with van der Waals surface area (Å²) >= 11 is 0. The highest BCUT2D eigenvalue weighted by Gasteiger charge is 2.25. The summed E-state index contributed by atoms with van der Waals surface area (Å²) in [5.74, 6) is 1.00. The molecular weight excluding hydrogens is 252 g/mol. The van der Waals surface area contributed by atoms with Crippen LogP contribution in [0.1, 0.15) is 23.2 Å². The lowest BCUT2D eigenvalue weighted by molar-refractivity contribution is 0.0664. The van der Waals surface area contributed by atoms with Crippen LogP contribution in [0.2, 0.25) is 0 Å². The number of pyridine rings is 1. The van der Waals surface area contributed by atoms with Crippen LogP contribution in [0.25, 0.3) is 0 Å². The zero-order chi connectivity index (χ0) is 13.9. The number of hydrogen-bond acceptors (Lipinski definition) is 4. The third-order valence-electron chi connectivity index (χ3n) is 4.21. The summed E-state index contributed by atoms with van der Waals surface area (Å²) in [4.78, 5) is 23.6. The Morgan fingerprint density at radius 3 is 2.50 bits per heavy atom. The summed E-state index contributed by atoms with van der Waals surface area (Å²) in [6.07, 6.45) is 4.17. The molecule has 0 unspecified atom stereocenters. The minimum atomic E-state index is 0.133. The van der Waals surface area contributed by atoms with E-state index < -0.39 is 0 Å².